The summed E-state index contributed by atoms with van der Waals surface area (Å²) in [4.78, 5) is 34.4. The summed E-state index contributed by atoms with van der Waals surface area (Å²) >= 11 is 0. The Bertz CT molecular complexity index is 1190. The molecule has 1 N–H and O–H groups in total. The van der Waals surface area contributed by atoms with E-state index >= 15 is 0 Å². The van der Waals surface area contributed by atoms with Crippen LogP contribution >= 0.6 is 0 Å². The molecule has 0 saturated heterocycles. The summed E-state index contributed by atoms with van der Waals surface area (Å²) in [5.74, 6) is -0.488. The van der Waals surface area contributed by atoms with E-state index in [0.717, 1.165) is 11.1 Å². The van der Waals surface area contributed by atoms with Gasteiger partial charge in [0.15, 0.2) is 11.3 Å². The zero-order chi connectivity index (χ0) is 20.1. The summed E-state index contributed by atoms with van der Waals surface area (Å²) in [6, 6.07) is 22.9. The summed E-state index contributed by atoms with van der Waals surface area (Å²) < 4.78 is 1.53. The summed E-state index contributed by atoms with van der Waals surface area (Å²) in [6.45, 7) is 0.744. The van der Waals surface area contributed by atoms with Crippen molar-refractivity contribution in [2.45, 2.75) is 19.5 Å². The SMILES string of the molecule is O=C(NCc1ccccc1)c1nc2cccnc2n(CCc2ccccc2)c1=O. The molecule has 29 heavy (non-hydrogen) atoms. The molecule has 2 aromatic heterocycles. The lowest BCUT2D eigenvalue weighted by Crippen LogP contribution is -2.35. The molecule has 1 amide bonds. The van der Waals surface area contributed by atoms with Gasteiger partial charge in [0, 0.05) is 19.3 Å². The number of pyridine rings is 1. The Morgan fingerprint density at radius 1 is 0.897 bits per heavy atom. The quantitative estimate of drug-likeness (QED) is 0.554. The summed E-state index contributed by atoms with van der Waals surface area (Å²) in [7, 11) is 0. The second kappa shape index (κ2) is 8.48. The summed E-state index contributed by atoms with van der Waals surface area (Å²) in [5, 5.41) is 2.79. The van der Waals surface area contributed by atoms with E-state index in [2.05, 4.69) is 15.3 Å². The van der Waals surface area contributed by atoms with Gasteiger partial charge < -0.3 is 5.32 Å². The van der Waals surface area contributed by atoms with Crippen LogP contribution in [0.5, 0.6) is 0 Å². The van der Waals surface area contributed by atoms with Gasteiger partial charge in [0.25, 0.3) is 11.5 Å². The topological polar surface area (TPSA) is 76.9 Å². The minimum atomic E-state index is -0.488. The van der Waals surface area contributed by atoms with Gasteiger partial charge in [-0.15, -0.1) is 0 Å². The Morgan fingerprint density at radius 3 is 2.31 bits per heavy atom. The van der Waals surface area contributed by atoms with Gasteiger partial charge in [-0.05, 0) is 29.7 Å². The molecular formula is C23H20N4O2. The molecule has 0 spiro atoms. The van der Waals surface area contributed by atoms with E-state index in [1.807, 2.05) is 60.7 Å². The van der Waals surface area contributed by atoms with Crippen LogP contribution in [0.4, 0.5) is 0 Å². The lowest BCUT2D eigenvalue weighted by molar-refractivity contribution is 0.0944. The van der Waals surface area contributed by atoms with Crippen LogP contribution in [0.15, 0.2) is 83.8 Å². The van der Waals surface area contributed by atoms with E-state index in [0.29, 0.717) is 30.7 Å². The minimum Gasteiger partial charge on any atom is -0.346 e. The van der Waals surface area contributed by atoms with Crippen molar-refractivity contribution in [1.82, 2.24) is 19.9 Å². The number of aryl methyl sites for hydroxylation is 2. The Kier molecular flexibility index (Phi) is 5.42. The van der Waals surface area contributed by atoms with Gasteiger partial charge in [-0.25, -0.2) is 9.97 Å². The van der Waals surface area contributed by atoms with Gasteiger partial charge >= 0.3 is 0 Å². The Labute approximate surface area is 167 Å². The maximum Gasteiger partial charge on any atom is 0.283 e. The van der Waals surface area contributed by atoms with Crippen molar-refractivity contribution in [2.75, 3.05) is 0 Å². The number of hydrogen-bond acceptors (Lipinski definition) is 4. The first kappa shape index (κ1) is 18.6. The van der Waals surface area contributed by atoms with Crippen molar-refractivity contribution in [3.8, 4) is 0 Å². The number of aromatic nitrogens is 3. The van der Waals surface area contributed by atoms with E-state index < -0.39 is 11.5 Å². The predicted octanol–water partition coefficient (Wildman–Crippen LogP) is 2.96. The van der Waals surface area contributed by atoms with Crippen LogP contribution in [-0.4, -0.2) is 20.4 Å². The zero-order valence-electron chi connectivity index (χ0n) is 15.8. The summed E-state index contributed by atoms with van der Waals surface area (Å²) in [5.41, 5.74) is 2.51. The first-order chi connectivity index (χ1) is 14.2. The van der Waals surface area contributed by atoms with Crippen molar-refractivity contribution in [2.24, 2.45) is 0 Å². The third-order valence-corrected chi connectivity index (χ3v) is 4.68. The largest absolute Gasteiger partial charge is 0.346 e. The Balaban J connectivity index is 1.64. The summed E-state index contributed by atoms with van der Waals surface area (Å²) in [6.07, 6.45) is 2.28. The fourth-order valence-electron chi connectivity index (χ4n) is 3.18. The highest BCUT2D eigenvalue weighted by molar-refractivity contribution is 5.93. The smallest absolute Gasteiger partial charge is 0.283 e. The number of nitrogens with one attached hydrogen (secondary N) is 1. The first-order valence-electron chi connectivity index (χ1n) is 9.44. The number of fused-ring (bicyclic) bond motifs is 1. The average Bonchev–Trinajstić information content (AvgIpc) is 2.78. The molecule has 0 aliphatic carbocycles. The molecule has 0 bridgehead atoms. The van der Waals surface area contributed by atoms with Crippen LogP contribution in [0, 0.1) is 0 Å². The number of carbonyl (C=O) groups is 1. The van der Waals surface area contributed by atoms with Crippen LogP contribution in [0.3, 0.4) is 0 Å². The van der Waals surface area contributed by atoms with E-state index in [-0.39, 0.29) is 5.69 Å². The van der Waals surface area contributed by atoms with Gasteiger partial charge in [-0.1, -0.05) is 60.7 Å². The minimum absolute atomic E-state index is 0.116. The van der Waals surface area contributed by atoms with Gasteiger partial charge in [-0.2, -0.15) is 0 Å². The van der Waals surface area contributed by atoms with Crippen LogP contribution in [-0.2, 0) is 19.5 Å². The van der Waals surface area contributed by atoms with Crippen molar-refractivity contribution < 1.29 is 4.79 Å². The third-order valence-electron chi connectivity index (χ3n) is 4.68. The van der Waals surface area contributed by atoms with E-state index in [1.54, 1.807) is 18.3 Å². The molecule has 144 valence electrons. The number of hydrogen-bond donors (Lipinski definition) is 1. The molecule has 0 radical (unpaired) electrons. The molecule has 0 unspecified atom stereocenters. The molecule has 2 heterocycles. The van der Waals surface area contributed by atoms with Crippen molar-refractivity contribution in [3.05, 3.63) is 106 Å². The second-order valence-corrected chi connectivity index (χ2v) is 6.67. The molecule has 6 heteroatoms. The lowest BCUT2D eigenvalue weighted by atomic mass is 10.1. The van der Waals surface area contributed by atoms with Gasteiger partial charge in [0.05, 0.1) is 0 Å². The van der Waals surface area contributed by atoms with Gasteiger partial charge in [0.2, 0.25) is 0 Å². The van der Waals surface area contributed by atoms with Crippen LogP contribution in [0.25, 0.3) is 11.2 Å². The predicted molar refractivity (Wildman–Crippen MR) is 112 cm³/mol. The van der Waals surface area contributed by atoms with Crippen LogP contribution in [0.2, 0.25) is 0 Å². The molecule has 0 fully saturated rings. The molecule has 4 rings (SSSR count). The molecule has 2 aromatic carbocycles. The zero-order valence-corrected chi connectivity index (χ0v) is 15.8. The molecule has 0 saturated carbocycles. The maximum atomic E-state index is 13.1. The van der Waals surface area contributed by atoms with Crippen LogP contribution < -0.4 is 10.9 Å². The lowest BCUT2D eigenvalue weighted by Gasteiger charge is -2.12. The van der Waals surface area contributed by atoms with Crippen molar-refractivity contribution in [3.63, 3.8) is 0 Å². The van der Waals surface area contributed by atoms with Crippen molar-refractivity contribution >= 4 is 17.1 Å². The molecule has 0 aliphatic heterocycles. The Hall–Kier alpha value is -3.80. The monoisotopic (exact) mass is 384 g/mol. The molecule has 6 nitrogen and oxygen atoms in total. The highest BCUT2D eigenvalue weighted by Crippen LogP contribution is 2.09. The fourth-order valence-corrected chi connectivity index (χ4v) is 3.18. The first-order valence-corrected chi connectivity index (χ1v) is 9.44. The number of benzene rings is 2. The molecule has 0 atom stereocenters. The number of nitrogens with zero attached hydrogens (tertiary/aromatic N) is 3. The van der Waals surface area contributed by atoms with E-state index in [1.165, 1.54) is 4.57 Å². The third kappa shape index (κ3) is 4.21. The fraction of sp³-hybridized carbons (Fsp3) is 0.130. The van der Waals surface area contributed by atoms with Crippen molar-refractivity contribution in [1.29, 1.82) is 0 Å². The number of amides is 1. The normalized spacial score (nSPS) is 10.8. The number of carbonyl (C=O) groups excluding carboxylic acids is 1. The standard InChI is InChI=1S/C23H20N4O2/c28-22(25-16-18-10-5-2-6-11-18)20-23(29)27(15-13-17-8-3-1-4-9-17)21-19(26-20)12-7-14-24-21/h1-12,14H,13,15-16H2,(H,25,28). The van der Waals surface area contributed by atoms with Gasteiger partial charge in [-0.3, -0.25) is 14.2 Å². The average molecular weight is 384 g/mol. The van der Waals surface area contributed by atoms with Gasteiger partial charge in [0.1, 0.15) is 5.52 Å². The molecule has 0 aliphatic rings. The van der Waals surface area contributed by atoms with E-state index in [9.17, 15) is 9.59 Å². The molecular weight excluding hydrogens is 364 g/mol. The highest BCUT2D eigenvalue weighted by atomic mass is 16.2. The van der Waals surface area contributed by atoms with E-state index in [4.69, 9.17) is 0 Å². The second-order valence-electron chi connectivity index (χ2n) is 6.67. The number of rotatable bonds is 6. The maximum absolute atomic E-state index is 13.1. The van der Waals surface area contributed by atoms with Crippen LogP contribution in [0.1, 0.15) is 21.6 Å². The molecule has 4 aromatic rings. The highest BCUT2D eigenvalue weighted by Gasteiger charge is 2.18. The Morgan fingerprint density at radius 2 is 1.59 bits per heavy atom.